The molecule has 1 aromatic heterocycles. The van der Waals surface area contributed by atoms with E-state index in [9.17, 15) is 8.42 Å². The minimum Gasteiger partial charge on any atom is -0.375 e. The molecule has 0 fully saturated rings. The molecular formula is C23H22N3O4S+. The summed E-state index contributed by atoms with van der Waals surface area (Å²) in [6, 6.07) is 22.5. The molecule has 0 saturated carbocycles. The van der Waals surface area contributed by atoms with Gasteiger partial charge in [0.1, 0.15) is 5.52 Å². The van der Waals surface area contributed by atoms with Gasteiger partial charge in [0, 0.05) is 6.54 Å². The van der Waals surface area contributed by atoms with Gasteiger partial charge in [0.05, 0.1) is 19.3 Å². The van der Waals surface area contributed by atoms with Crippen molar-refractivity contribution < 1.29 is 17.8 Å². The second kappa shape index (κ2) is 8.22. The van der Waals surface area contributed by atoms with E-state index in [4.69, 9.17) is 9.37 Å². The summed E-state index contributed by atoms with van der Waals surface area (Å²) in [4.78, 5) is 0.197. The molecule has 8 heteroatoms. The highest BCUT2D eigenvalue weighted by Gasteiger charge is 2.39. The first kappa shape index (κ1) is 19.9. The highest BCUT2D eigenvalue weighted by Crippen LogP contribution is 2.29. The van der Waals surface area contributed by atoms with Gasteiger partial charge in [0.15, 0.2) is 10.4 Å². The average molecular weight is 437 g/mol. The second-order valence-corrected chi connectivity index (χ2v) is 9.49. The average Bonchev–Trinajstić information content (AvgIpc) is 3.25. The molecule has 1 aliphatic rings. The summed E-state index contributed by atoms with van der Waals surface area (Å²) in [5.74, 6) is 0. The Hall–Kier alpha value is -3.07. The summed E-state index contributed by atoms with van der Waals surface area (Å²) in [6.45, 7) is 1.12. The molecule has 0 spiro atoms. The van der Waals surface area contributed by atoms with Crippen molar-refractivity contribution in [1.29, 1.82) is 0 Å². The van der Waals surface area contributed by atoms with Crippen LogP contribution < -0.4 is 0 Å². The molecule has 0 amide bonds. The van der Waals surface area contributed by atoms with Crippen molar-refractivity contribution in [3.8, 4) is 0 Å². The number of ether oxygens (including phenoxy) is 1. The number of fused-ring (bicyclic) bond motifs is 2. The van der Waals surface area contributed by atoms with Crippen LogP contribution in [0.15, 0.2) is 82.3 Å². The largest absolute Gasteiger partial charge is 0.378 e. The van der Waals surface area contributed by atoms with Gasteiger partial charge in [-0.1, -0.05) is 60.7 Å². The zero-order chi connectivity index (χ0) is 21.3. The van der Waals surface area contributed by atoms with Gasteiger partial charge in [0.25, 0.3) is 0 Å². The highest BCUT2D eigenvalue weighted by atomic mass is 32.2. The molecule has 5 rings (SSSR count). The fourth-order valence-corrected chi connectivity index (χ4v) is 5.75. The molecule has 0 saturated heterocycles. The summed E-state index contributed by atoms with van der Waals surface area (Å²) in [5, 5.41) is 7.72. The molecular weight excluding hydrogens is 414 g/mol. The van der Waals surface area contributed by atoms with Gasteiger partial charge in [-0.15, -0.1) is 4.31 Å². The first-order chi connectivity index (χ1) is 15.1. The zero-order valence-electron chi connectivity index (χ0n) is 16.8. The maximum Gasteiger partial charge on any atom is 0.378 e. The van der Waals surface area contributed by atoms with Crippen LogP contribution in [0.4, 0.5) is 0 Å². The van der Waals surface area contributed by atoms with Crippen LogP contribution in [0.5, 0.6) is 0 Å². The third-order valence-electron chi connectivity index (χ3n) is 5.59. The minimum absolute atomic E-state index is 0.197. The predicted molar refractivity (Wildman–Crippen MR) is 116 cm³/mol. The predicted octanol–water partition coefficient (Wildman–Crippen LogP) is 3.71. The van der Waals surface area contributed by atoms with Crippen LogP contribution in [0.3, 0.4) is 0 Å². The number of rotatable bonds is 4. The third kappa shape index (κ3) is 3.85. The lowest BCUT2D eigenvalue weighted by molar-refractivity contribution is 0.0675. The Bertz CT molecular complexity index is 1300. The van der Waals surface area contributed by atoms with E-state index in [2.05, 4.69) is 10.3 Å². The Morgan fingerprint density at radius 1 is 0.968 bits per heavy atom. The Kier molecular flexibility index (Phi) is 5.27. The van der Waals surface area contributed by atoms with E-state index in [0.29, 0.717) is 37.2 Å². The van der Waals surface area contributed by atoms with Gasteiger partial charge in [-0.3, -0.25) is 0 Å². The van der Waals surface area contributed by atoms with Gasteiger partial charge < -0.3 is 4.74 Å². The van der Waals surface area contributed by atoms with E-state index >= 15 is 0 Å². The van der Waals surface area contributed by atoms with E-state index in [1.54, 1.807) is 22.5 Å². The monoisotopic (exact) mass is 436 g/mol. The van der Waals surface area contributed by atoms with Crippen molar-refractivity contribution in [1.82, 2.24) is 14.6 Å². The molecule has 7 nitrogen and oxygen atoms in total. The minimum atomic E-state index is -3.67. The third-order valence-corrected chi connectivity index (χ3v) is 7.55. The van der Waals surface area contributed by atoms with Crippen molar-refractivity contribution in [2.75, 3.05) is 6.61 Å². The molecule has 2 unspecified atom stereocenters. The smallest absolute Gasteiger partial charge is 0.375 e. The van der Waals surface area contributed by atoms with Crippen LogP contribution in [0.1, 0.15) is 16.7 Å². The zero-order valence-corrected chi connectivity index (χ0v) is 17.6. The fourth-order valence-electron chi connectivity index (χ4n) is 4.00. The molecule has 3 aromatic carbocycles. The maximum absolute atomic E-state index is 14.0. The number of hydrogen-bond donors (Lipinski definition) is 0. The van der Waals surface area contributed by atoms with Crippen molar-refractivity contribution in [3.63, 3.8) is 0 Å². The number of aromatic nitrogens is 2. The summed E-state index contributed by atoms with van der Waals surface area (Å²) < 4.78 is 38.0. The Labute approximate surface area is 180 Å². The second-order valence-electron chi connectivity index (χ2n) is 7.59. The van der Waals surface area contributed by atoms with Gasteiger partial charge in [-0.25, -0.2) is 8.84 Å². The Morgan fingerprint density at radius 3 is 2.58 bits per heavy atom. The summed E-state index contributed by atoms with van der Waals surface area (Å²) >= 11 is 0. The molecule has 158 valence electrons. The quantitative estimate of drug-likeness (QED) is 0.455. The topological polar surface area (TPSA) is 89.9 Å². The van der Waals surface area contributed by atoms with Crippen molar-refractivity contribution >= 4 is 21.1 Å². The van der Waals surface area contributed by atoms with E-state index < -0.39 is 10.0 Å². The first-order valence-electron chi connectivity index (χ1n) is 10.1. The molecule has 1 N–H and O–H groups in total. The molecule has 31 heavy (non-hydrogen) atoms. The van der Waals surface area contributed by atoms with Crippen LogP contribution in [-0.4, -0.2) is 35.7 Å². The highest BCUT2D eigenvalue weighted by molar-refractivity contribution is 7.89. The van der Waals surface area contributed by atoms with Crippen molar-refractivity contribution in [2.45, 2.75) is 30.5 Å². The van der Waals surface area contributed by atoms with Crippen LogP contribution >= 0.6 is 0 Å². The van der Waals surface area contributed by atoms with E-state index in [0.717, 1.165) is 16.7 Å². The van der Waals surface area contributed by atoms with Crippen molar-refractivity contribution in [3.05, 3.63) is 89.5 Å². The Morgan fingerprint density at radius 2 is 1.74 bits per heavy atom. The number of benzene rings is 3. The molecule has 2 heterocycles. The lowest BCUT2D eigenvalue weighted by Gasteiger charge is -2.31. The standard InChI is InChI=1S/C23H21N3O4S/c27-31(28,22-12-6-11-21-23(22)25-30-24-21)26-14-18-9-4-5-10-19(18)15-29-16-20(26)13-17-7-2-1-3-8-17/h1-12,20H,13-16H2/p+1. The van der Waals surface area contributed by atoms with E-state index in [1.807, 2.05) is 54.6 Å². The van der Waals surface area contributed by atoms with Gasteiger partial charge >= 0.3 is 10.0 Å². The molecule has 0 radical (unpaired) electrons. The lowest BCUT2D eigenvalue weighted by Crippen LogP contribution is -2.44. The summed E-state index contributed by atoms with van der Waals surface area (Å²) in [6.07, 6.45) is 0.577. The maximum atomic E-state index is 14.0. The van der Waals surface area contributed by atoms with Gasteiger partial charge in [-0.2, -0.15) is 4.21 Å². The molecule has 0 aliphatic carbocycles. The number of nitrogens with zero attached hydrogens (tertiary/aromatic N) is 3. The molecule has 2 atom stereocenters. The molecule has 4 aromatic rings. The van der Waals surface area contributed by atoms with Gasteiger partial charge in [0.2, 0.25) is 0 Å². The molecule has 1 aliphatic heterocycles. The van der Waals surface area contributed by atoms with Gasteiger partial charge in [-0.05, 0) is 45.6 Å². The molecule has 0 bridgehead atoms. The number of hydrogen-bond acceptors (Lipinski definition) is 5. The Balaban J connectivity index is 1.61. The van der Waals surface area contributed by atoms with Crippen LogP contribution in [0.2, 0.25) is 0 Å². The summed E-state index contributed by atoms with van der Waals surface area (Å²) in [7, 11) is -3.67. The van der Waals surface area contributed by atoms with Crippen molar-refractivity contribution in [2.24, 2.45) is 0 Å². The SMILES string of the molecule is O=S(=[OH+])(c1cccc2nonc12)N1Cc2ccccc2COCC1Cc1ccccc1. The fraction of sp³-hybridized carbons (Fsp3) is 0.217. The summed E-state index contributed by atoms with van der Waals surface area (Å²) in [5.41, 5.74) is 3.80. The van der Waals surface area contributed by atoms with Crippen LogP contribution in [-0.2, 0) is 34.3 Å². The van der Waals surface area contributed by atoms with E-state index in [-0.39, 0.29) is 10.9 Å². The van der Waals surface area contributed by atoms with E-state index in [1.165, 1.54) is 0 Å². The van der Waals surface area contributed by atoms with Crippen LogP contribution in [0, 0.1) is 0 Å². The van der Waals surface area contributed by atoms with Crippen LogP contribution in [0.25, 0.3) is 11.0 Å². The first-order valence-corrected chi connectivity index (χ1v) is 11.5. The normalized spacial score (nSPS) is 19.3. The lowest BCUT2D eigenvalue weighted by atomic mass is 10.0.